The molecule has 0 spiro atoms. The van der Waals surface area contributed by atoms with Crippen LogP contribution in [0.15, 0.2) is 22.7 Å². The molecule has 2 rings (SSSR count). The Kier molecular flexibility index (Phi) is 1.72. The first-order valence-electron chi connectivity index (χ1n) is 3.99. The first-order chi connectivity index (χ1) is 6.63. The molecule has 0 saturated carbocycles. The summed E-state index contributed by atoms with van der Waals surface area (Å²) < 4.78 is 5.18. The van der Waals surface area contributed by atoms with Gasteiger partial charge in [0, 0.05) is 6.20 Å². The first kappa shape index (κ1) is 8.66. The zero-order chi connectivity index (χ0) is 10.2. The molecular weight excluding hydrogens is 182 g/mol. The Morgan fingerprint density at radius 1 is 1.64 bits per heavy atom. The predicted molar refractivity (Wildman–Crippen MR) is 47.0 cm³/mol. The van der Waals surface area contributed by atoms with Crippen molar-refractivity contribution < 1.29 is 9.52 Å². The zero-order valence-corrected chi connectivity index (χ0v) is 7.43. The maximum atomic E-state index is 9.55. The van der Waals surface area contributed by atoms with E-state index in [0.717, 1.165) is 0 Å². The molecule has 0 aliphatic heterocycles. The lowest BCUT2D eigenvalue weighted by atomic mass is 10.1. The lowest BCUT2D eigenvalue weighted by Crippen LogP contribution is -2.18. The standard InChI is InChI=1S/C9H7N3O2/c1-9(13,5-10)8-12-7-6(14-8)3-2-4-11-7/h2-4,13H,1H3. The molecule has 2 aromatic rings. The summed E-state index contributed by atoms with van der Waals surface area (Å²) in [6.45, 7) is 1.32. The van der Waals surface area contributed by atoms with Gasteiger partial charge in [0.25, 0.3) is 0 Å². The van der Waals surface area contributed by atoms with Crippen LogP contribution in [0.1, 0.15) is 12.8 Å². The van der Waals surface area contributed by atoms with Crippen LogP contribution in [-0.2, 0) is 5.60 Å². The molecule has 5 nitrogen and oxygen atoms in total. The zero-order valence-electron chi connectivity index (χ0n) is 7.43. The second-order valence-corrected chi connectivity index (χ2v) is 3.03. The molecule has 70 valence electrons. The van der Waals surface area contributed by atoms with Crippen LogP contribution in [-0.4, -0.2) is 15.1 Å². The molecule has 0 aliphatic carbocycles. The van der Waals surface area contributed by atoms with E-state index in [0.29, 0.717) is 11.2 Å². The van der Waals surface area contributed by atoms with Crippen molar-refractivity contribution in [2.24, 2.45) is 0 Å². The van der Waals surface area contributed by atoms with E-state index in [2.05, 4.69) is 9.97 Å². The summed E-state index contributed by atoms with van der Waals surface area (Å²) in [5, 5.41) is 18.2. The van der Waals surface area contributed by atoms with Crippen molar-refractivity contribution >= 4 is 11.2 Å². The lowest BCUT2D eigenvalue weighted by Gasteiger charge is -2.06. The molecule has 0 aliphatic rings. The van der Waals surface area contributed by atoms with Crippen LogP contribution in [0.2, 0.25) is 0 Å². The Morgan fingerprint density at radius 2 is 2.43 bits per heavy atom. The van der Waals surface area contributed by atoms with Crippen LogP contribution in [0, 0.1) is 11.3 Å². The van der Waals surface area contributed by atoms with Crippen LogP contribution in [0.25, 0.3) is 11.2 Å². The van der Waals surface area contributed by atoms with E-state index in [1.807, 2.05) is 0 Å². The van der Waals surface area contributed by atoms with Gasteiger partial charge in [-0.3, -0.25) is 0 Å². The SMILES string of the molecule is CC(O)(C#N)c1nc2ncccc2o1. The fourth-order valence-corrected chi connectivity index (χ4v) is 1.03. The van der Waals surface area contributed by atoms with Gasteiger partial charge in [0.05, 0.1) is 0 Å². The Hall–Kier alpha value is -1.93. The van der Waals surface area contributed by atoms with Crippen LogP contribution in [0.3, 0.4) is 0 Å². The summed E-state index contributed by atoms with van der Waals surface area (Å²) in [5.41, 5.74) is -0.864. The summed E-state index contributed by atoms with van der Waals surface area (Å²) in [5.74, 6) is -0.0336. The highest BCUT2D eigenvalue weighted by atomic mass is 16.4. The summed E-state index contributed by atoms with van der Waals surface area (Å²) in [6.07, 6.45) is 1.57. The van der Waals surface area contributed by atoms with Gasteiger partial charge in [0.2, 0.25) is 11.5 Å². The van der Waals surface area contributed by atoms with Crippen molar-refractivity contribution in [3.63, 3.8) is 0 Å². The number of pyridine rings is 1. The second kappa shape index (κ2) is 2.79. The van der Waals surface area contributed by atoms with E-state index < -0.39 is 5.60 Å². The quantitative estimate of drug-likeness (QED) is 0.675. The maximum absolute atomic E-state index is 9.55. The van der Waals surface area contributed by atoms with Gasteiger partial charge in [0.1, 0.15) is 6.07 Å². The van der Waals surface area contributed by atoms with E-state index in [1.165, 1.54) is 6.92 Å². The molecule has 14 heavy (non-hydrogen) atoms. The average molecular weight is 189 g/mol. The Balaban J connectivity index is 2.62. The molecule has 1 N–H and O–H groups in total. The highest BCUT2D eigenvalue weighted by molar-refractivity contribution is 5.67. The largest absolute Gasteiger partial charge is 0.435 e. The van der Waals surface area contributed by atoms with Crippen molar-refractivity contribution in [2.45, 2.75) is 12.5 Å². The summed E-state index contributed by atoms with van der Waals surface area (Å²) >= 11 is 0. The van der Waals surface area contributed by atoms with Gasteiger partial charge in [0.15, 0.2) is 11.2 Å². The number of nitrogens with zero attached hydrogens (tertiary/aromatic N) is 3. The summed E-state index contributed by atoms with van der Waals surface area (Å²) in [4.78, 5) is 7.83. The third kappa shape index (κ3) is 1.22. The number of hydrogen-bond donors (Lipinski definition) is 1. The van der Waals surface area contributed by atoms with Crippen LogP contribution in [0.5, 0.6) is 0 Å². The van der Waals surface area contributed by atoms with Gasteiger partial charge in [-0.15, -0.1) is 0 Å². The minimum Gasteiger partial charge on any atom is -0.435 e. The van der Waals surface area contributed by atoms with Gasteiger partial charge in [-0.25, -0.2) is 4.98 Å². The number of hydrogen-bond acceptors (Lipinski definition) is 5. The molecule has 0 bridgehead atoms. The maximum Gasteiger partial charge on any atom is 0.243 e. The van der Waals surface area contributed by atoms with Crippen molar-refractivity contribution in [3.05, 3.63) is 24.2 Å². The summed E-state index contributed by atoms with van der Waals surface area (Å²) in [6, 6.07) is 5.06. The number of aromatic nitrogens is 2. The van der Waals surface area contributed by atoms with E-state index in [4.69, 9.17) is 9.68 Å². The number of rotatable bonds is 1. The van der Waals surface area contributed by atoms with E-state index in [-0.39, 0.29) is 5.89 Å². The first-order valence-corrected chi connectivity index (χ1v) is 3.99. The van der Waals surface area contributed by atoms with E-state index in [1.54, 1.807) is 24.4 Å². The number of aliphatic hydroxyl groups is 1. The van der Waals surface area contributed by atoms with Gasteiger partial charge in [-0.05, 0) is 19.1 Å². The van der Waals surface area contributed by atoms with Crippen molar-refractivity contribution in [1.29, 1.82) is 5.26 Å². The monoisotopic (exact) mass is 189 g/mol. The molecule has 0 radical (unpaired) electrons. The highest BCUT2D eigenvalue weighted by Gasteiger charge is 2.29. The summed E-state index contributed by atoms with van der Waals surface area (Å²) in [7, 11) is 0. The van der Waals surface area contributed by atoms with Gasteiger partial charge < -0.3 is 9.52 Å². The Morgan fingerprint density at radius 3 is 3.07 bits per heavy atom. The Bertz CT molecular complexity index is 477. The van der Waals surface area contributed by atoms with Gasteiger partial charge >= 0.3 is 0 Å². The molecule has 0 saturated heterocycles. The molecule has 0 amide bonds. The molecule has 0 fully saturated rings. The lowest BCUT2D eigenvalue weighted by molar-refractivity contribution is 0.0890. The fraction of sp³-hybridized carbons (Fsp3) is 0.222. The van der Waals surface area contributed by atoms with Crippen molar-refractivity contribution in [1.82, 2.24) is 9.97 Å². The van der Waals surface area contributed by atoms with Crippen LogP contribution < -0.4 is 0 Å². The van der Waals surface area contributed by atoms with Crippen LogP contribution in [0.4, 0.5) is 0 Å². The number of nitriles is 1. The predicted octanol–water partition coefficient (Wildman–Crippen LogP) is 0.954. The van der Waals surface area contributed by atoms with E-state index >= 15 is 0 Å². The average Bonchev–Trinajstić information content (AvgIpc) is 2.61. The van der Waals surface area contributed by atoms with Crippen molar-refractivity contribution in [3.8, 4) is 6.07 Å². The smallest absolute Gasteiger partial charge is 0.243 e. The molecule has 0 aromatic carbocycles. The minimum atomic E-state index is -1.71. The Labute approximate surface area is 79.6 Å². The van der Waals surface area contributed by atoms with Crippen LogP contribution >= 0.6 is 0 Å². The fourth-order valence-electron chi connectivity index (χ4n) is 1.03. The van der Waals surface area contributed by atoms with E-state index in [9.17, 15) is 5.11 Å². The third-order valence-corrected chi connectivity index (χ3v) is 1.80. The molecule has 1 atom stereocenters. The highest BCUT2D eigenvalue weighted by Crippen LogP contribution is 2.22. The second-order valence-electron chi connectivity index (χ2n) is 3.03. The topological polar surface area (TPSA) is 82.9 Å². The third-order valence-electron chi connectivity index (χ3n) is 1.80. The van der Waals surface area contributed by atoms with Gasteiger partial charge in [-0.1, -0.05) is 0 Å². The molecule has 5 heteroatoms. The normalized spacial score (nSPS) is 14.9. The van der Waals surface area contributed by atoms with Crippen molar-refractivity contribution in [2.75, 3.05) is 0 Å². The molecular formula is C9H7N3O2. The molecule has 1 unspecified atom stereocenters. The molecule has 2 aromatic heterocycles. The molecule has 2 heterocycles. The number of oxazole rings is 1. The number of fused-ring (bicyclic) bond motifs is 1. The van der Waals surface area contributed by atoms with Gasteiger partial charge in [-0.2, -0.15) is 10.2 Å². The minimum absolute atomic E-state index is 0.0336.